The van der Waals surface area contributed by atoms with Gasteiger partial charge in [0.25, 0.3) is 0 Å². The highest BCUT2D eigenvalue weighted by molar-refractivity contribution is 5.56. The predicted molar refractivity (Wildman–Crippen MR) is 83.1 cm³/mol. The third-order valence-corrected chi connectivity index (χ3v) is 3.16. The Morgan fingerprint density at radius 2 is 1.95 bits per heavy atom. The van der Waals surface area contributed by atoms with Crippen LogP contribution in [0.4, 0.5) is 6.01 Å². The number of aryl methyl sites for hydroxylation is 1. The van der Waals surface area contributed by atoms with E-state index >= 15 is 0 Å². The molecule has 0 bridgehead atoms. The smallest absolute Gasteiger partial charge is 0.330 e. The van der Waals surface area contributed by atoms with Gasteiger partial charge in [0.15, 0.2) is 0 Å². The molecular formula is C16H16N4O2. The Kier molecular flexibility index (Phi) is 4.02. The minimum Gasteiger partial charge on any atom is -0.489 e. The summed E-state index contributed by atoms with van der Waals surface area (Å²) in [5.74, 6) is 6.34. The zero-order chi connectivity index (χ0) is 15.4. The number of benzene rings is 2. The van der Waals surface area contributed by atoms with Gasteiger partial charge in [0.2, 0.25) is 5.89 Å². The monoisotopic (exact) mass is 296 g/mol. The summed E-state index contributed by atoms with van der Waals surface area (Å²) in [6.07, 6.45) is 0. The number of aromatic nitrogens is 2. The van der Waals surface area contributed by atoms with E-state index in [2.05, 4.69) is 46.8 Å². The topological polar surface area (TPSA) is 86.2 Å². The molecule has 0 spiro atoms. The molecule has 0 fully saturated rings. The van der Waals surface area contributed by atoms with Crippen LogP contribution in [0.5, 0.6) is 5.75 Å². The van der Waals surface area contributed by atoms with Crippen molar-refractivity contribution in [2.24, 2.45) is 5.84 Å². The number of nitrogens with zero attached hydrogens (tertiary/aromatic N) is 2. The van der Waals surface area contributed by atoms with Gasteiger partial charge in [-0.05, 0) is 30.7 Å². The van der Waals surface area contributed by atoms with E-state index in [0.717, 1.165) is 16.9 Å². The summed E-state index contributed by atoms with van der Waals surface area (Å²) in [5, 5.41) is 7.66. The van der Waals surface area contributed by atoms with Gasteiger partial charge >= 0.3 is 6.01 Å². The van der Waals surface area contributed by atoms with Crippen molar-refractivity contribution in [3.05, 3.63) is 59.7 Å². The zero-order valence-corrected chi connectivity index (χ0v) is 12.1. The lowest BCUT2D eigenvalue weighted by Gasteiger charge is -2.07. The molecule has 0 aliphatic heterocycles. The quantitative estimate of drug-likeness (QED) is 0.556. The van der Waals surface area contributed by atoms with E-state index in [1.165, 1.54) is 5.56 Å². The molecule has 0 aliphatic carbocycles. The zero-order valence-electron chi connectivity index (χ0n) is 12.1. The first kappa shape index (κ1) is 14.1. The third kappa shape index (κ3) is 3.24. The van der Waals surface area contributed by atoms with Crippen molar-refractivity contribution in [3.63, 3.8) is 0 Å². The molecule has 0 radical (unpaired) electrons. The van der Waals surface area contributed by atoms with Crippen molar-refractivity contribution < 1.29 is 9.15 Å². The van der Waals surface area contributed by atoms with E-state index in [0.29, 0.717) is 12.5 Å². The molecule has 22 heavy (non-hydrogen) atoms. The lowest BCUT2D eigenvalue weighted by atomic mass is 10.2. The summed E-state index contributed by atoms with van der Waals surface area (Å²) in [4.78, 5) is 0. The minimum atomic E-state index is 0.168. The van der Waals surface area contributed by atoms with Crippen molar-refractivity contribution in [2.45, 2.75) is 13.5 Å². The minimum absolute atomic E-state index is 0.168. The van der Waals surface area contributed by atoms with E-state index in [4.69, 9.17) is 15.0 Å². The average molecular weight is 296 g/mol. The van der Waals surface area contributed by atoms with E-state index in [1.807, 2.05) is 24.3 Å². The third-order valence-electron chi connectivity index (χ3n) is 3.16. The Labute approximate surface area is 127 Å². The number of nitrogens with one attached hydrogen (secondary N) is 1. The van der Waals surface area contributed by atoms with Crippen LogP contribution in [-0.2, 0) is 6.61 Å². The Morgan fingerprint density at radius 1 is 1.14 bits per heavy atom. The van der Waals surface area contributed by atoms with Gasteiger partial charge in [0.1, 0.15) is 12.4 Å². The molecule has 6 heteroatoms. The van der Waals surface area contributed by atoms with E-state index < -0.39 is 0 Å². The summed E-state index contributed by atoms with van der Waals surface area (Å²) in [6, 6.07) is 15.9. The van der Waals surface area contributed by atoms with Gasteiger partial charge in [-0.1, -0.05) is 41.0 Å². The van der Waals surface area contributed by atoms with Gasteiger partial charge in [-0.2, -0.15) is 0 Å². The van der Waals surface area contributed by atoms with Crippen LogP contribution in [0.1, 0.15) is 11.1 Å². The van der Waals surface area contributed by atoms with Crippen molar-refractivity contribution in [1.82, 2.24) is 10.2 Å². The molecule has 0 saturated carbocycles. The second-order valence-corrected chi connectivity index (χ2v) is 4.86. The van der Waals surface area contributed by atoms with Crippen LogP contribution < -0.4 is 16.0 Å². The van der Waals surface area contributed by atoms with Crippen LogP contribution in [0.15, 0.2) is 52.9 Å². The summed E-state index contributed by atoms with van der Waals surface area (Å²) >= 11 is 0. The van der Waals surface area contributed by atoms with Crippen molar-refractivity contribution in [3.8, 4) is 17.2 Å². The fraction of sp³-hybridized carbons (Fsp3) is 0.125. The van der Waals surface area contributed by atoms with Gasteiger partial charge in [0.05, 0.1) is 0 Å². The highest BCUT2D eigenvalue weighted by atomic mass is 16.5. The molecule has 0 amide bonds. The molecule has 0 unspecified atom stereocenters. The van der Waals surface area contributed by atoms with Crippen molar-refractivity contribution >= 4 is 6.01 Å². The highest BCUT2D eigenvalue weighted by Crippen LogP contribution is 2.24. The van der Waals surface area contributed by atoms with Crippen molar-refractivity contribution in [1.29, 1.82) is 0 Å². The Balaban J connectivity index is 1.72. The molecule has 1 heterocycles. The normalized spacial score (nSPS) is 10.5. The molecule has 112 valence electrons. The van der Waals surface area contributed by atoms with Crippen LogP contribution in [0, 0.1) is 6.92 Å². The molecule has 3 N–H and O–H groups in total. The van der Waals surface area contributed by atoms with Gasteiger partial charge in [-0.3, -0.25) is 5.43 Å². The van der Waals surface area contributed by atoms with Crippen molar-refractivity contribution in [2.75, 3.05) is 5.43 Å². The van der Waals surface area contributed by atoms with Crippen LogP contribution in [0.3, 0.4) is 0 Å². The Bertz CT molecular complexity index is 753. The molecule has 1 aromatic heterocycles. The standard InChI is InChI=1S/C16H16N4O2/c1-11-5-7-12(8-6-11)10-21-14-4-2-3-13(9-14)15-19-20-16(18-17)22-15/h2-9H,10,17H2,1H3,(H,18,20). The second kappa shape index (κ2) is 6.28. The first-order chi connectivity index (χ1) is 10.7. The molecule has 0 aliphatic rings. The number of nitrogens with two attached hydrogens (primary N) is 1. The number of ether oxygens (including phenoxy) is 1. The predicted octanol–water partition coefficient (Wildman–Crippen LogP) is 2.91. The SMILES string of the molecule is Cc1ccc(COc2cccc(-c3nnc(NN)o3)c2)cc1. The van der Waals surface area contributed by atoms with Gasteiger partial charge < -0.3 is 9.15 Å². The summed E-state index contributed by atoms with van der Waals surface area (Å²) in [5.41, 5.74) is 5.43. The number of hydrazine groups is 1. The Morgan fingerprint density at radius 3 is 2.68 bits per heavy atom. The average Bonchev–Trinajstić information content (AvgIpc) is 3.04. The van der Waals surface area contributed by atoms with E-state index in [1.54, 1.807) is 0 Å². The number of rotatable bonds is 5. The van der Waals surface area contributed by atoms with Crippen LogP contribution >= 0.6 is 0 Å². The van der Waals surface area contributed by atoms with Gasteiger partial charge in [0, 0.05) is 5.56 Å². The van der Waals surface area contributed by atoms with Crippen LogP contribution in [0.25, 0.3) is 11.5 Å². The second-order valence-electron chi connectivity index (χ2n) is 4.86. The lowest BCUT2D eigenvalue weighted by Crippen LogP contribution is -2.06. The molecule has 0 atom stereocenters. The maximum absolute atomic E-state index is 5.80. The number of anilines is 1. The largest absolute Gasteiger partial charge is 0.489 e. The molecular weight excluding hydrogens is 280 g/mol. The van der Waals surface area contributed by atoms with Crippen LogP contribution in [0.2, 0.25) is 0 Å². The van der Waals surface area contributed by atoms with E-state index in [-0.39, 0.29) is 6.01 Å². The first-order valence-electron chi connectivity index (χ1n) is 6.83. The maximum atomic E-state index is 5.80. The first-order valence-corrected chi connectivity index (χ1v) is 6.83. The number of hydrogen-bond acceptors (Lipinski definition) is 6. The highest BCUT2D eigenvalue weighted by Gasteiger charge is 2.08. The lowest BCUT2D eigenvalue weighted by molar-refractivity contribution is 0.306. The molecule has 6 nitrogen and oxygen atoms in total. The summed E-state index contributed by atoms with van der Waals surface area (Å²) < 4.78 is 11.1. The molecule has 0 saturated heterocycles. The summed E-state index contributed by atoms with van der Waals surface area (Å²) in [6.45, 7) is 2.56. The van der Waals surface area contributed by atoms with Gasteiger partial charge in [-0.15, -0.1) is 5.10 Å². The molecule has 3 aromatic rings. The maximum Gasteiger partial charge on any atom is 0.330 e. The fourth-order valence-corrected chi connectivity index (χ4v) is 1.97. The number of nitrogen functional groups attached to an aromatic ring is 1. The van der Waals surface area contributed by atoms with Crippen LogP contribution in [-0.4, -0.2) is 10.2 Å². The van der Waals surface area contributed by atoms with E-state index in [9.17, 15) is 0 Å². The Hall–Kier alpha value is -2.86. The fourth-order valence-electron chi connectivity index (χ4n) is 1.97. The summed E-state index contributed by atoms with van der Waals surface area (Å²) in [7, 11) is 0. The molecule has 2 aromatic carbocycles. The molecule has 3 rings (SSSR count). The van der Waals surface area contributed by atoms with Gasteiger partial charge in [-0.25, -0.2) is 5.84 Å². The number of hydrogen-bond donors (Lipinski definition) is 2.